The van der Waals surface area contributed by atoms with Crippen molar-refractivity contribution in [3.63, 3.8) is 0 Å². The number of anilines is 1. The van der Waals surface area contributed by atoms with Crippen molar-refractivity contribution < 1.29 is 4.74 Å². The molecule has 0 aliphatic heterocycles. The van der Waals surface area contributed by atoms with Crippen LogP contribution in [0.1, 0.15) is 29.9 Å². The predicted octanol–water partition coefficient (Wildman–Crippen LogP) is 3.26. The molecular weight excluding hydrogens is 314 g/mol. The molecule has 0 bridgehead atoms. The fourth-order valence-electron chi connectivity index (χ4n) is 3.18. The number of hydrogen-bond donors (Lipinski definition) is 1. The average Bonchev–Trinajstić information content (AvgIpc) is 2.64. The second-order valence-corrected chi connectivity index (χ2v) is 6.21. The van der Waals surface area contributed by atoms with Crippen LogP contribution in [0, 0.1) is 11.3 Å². The summed E-state index contributed by atoms with van der Waals surface area (Å²) < 4.78 is 5.25. The lowest BCUT2D eigenvalue weighted by Gasteiger charge is -2.36. The van der Waals surface area contributed by atoms with Crippen molar-refractivity contribution in [2.24, 2.45) is 0 Å². The van der Waals surface area contributed by atoms with Crippen LogP contribution in [0.4, 0.5) is 5.82 Å². The summed E-state index contributed by atoms with van der Waals surface area (Å²) in [5, 5.41) is 13.2. The van der Waals surface area contributed by atoms with Gasteiger partial charge in [-0.1, -0.05) is 12.1 Å². The van der Waals surface area contributed by atoms with Crippen molar-refractivity contribution in [2.75, 3.05) is 12.4 Å². The third-order valence-corrected chi connectivity index (χ3v) is 4.69. The molecule has 6 heteroatoms. The lowest BCUT2D eigenvalue weighted by Crippen LogP contribution is -2.34. The zero-order chi connectivity index (χ0) is 17.2. The number of aromatic nitrogens is 3. The normalized spacial score (nSPS) is 19.0. The van der Waals surface area contributed by atoms with Crippen LogP contribution in [0.15, 0.2) is 42.9 Å². The Kier molecular flexibility index (Phi) is 3.90. The number of fused-ring (bicyclic) bond motifs is 1. The smallest absolute Gasteiger partial charge is 0.164 e. The highest BCUT2D eigenvalue weighted by atomic mass is 16.5. The Hall–Kier alpha value is -3.20. The third kappa shape index (κ3) is 2.96. The van der Waals surface area contributed by atoms with Gasteiger partial charge in [0.25, 0.3) is 0 Å². The fourth-order valence-corrected chi connectivity index (χ4v) is 3.18. The molecule has 2 aromatic heterocycles. The Morgan fingerprint density at radius 3 is 2.68 bits per heavy atom. The number of pyridine rings is 1. The molecule has 25 heavy (non-hydrogen) atoms. The van der Waals surface area contributed by atoms with Gasteiger partial charge in [0.05, 0.1) is 30.3 Å². The molecule has 1 aliphatic rings. The predicted molar refractivity (Wildman–Crippen MR) is 94.4 cm³/mol. The summed E-state index contributed by atoms with van der Waals surface area (Å²) >= 11 is 0. The van der Waals surface area contributed by atoms with E-state index in [1.54, 1.807) is 13.3 Å². The zero-order valence-electron chi connectivity index (χ0n) is 13.8. The van der Waals surface area contributed by atoms with Crippen LogP contribution in [0.5, 0.6) is 5.75 Å². The first-order valence-electron chi connectivity index (χ1n) is 8.18. The summed E-state index contributed by atoms with van der Waals surface area (Å²) in [6.07, 6.45) is 5.26. The number of nitrogens with zero attached hydrogens (tertiary/aromatic N) is 4. The van der Waals surface area contributed by atoms with Gasteiger partial charge in [-0.3, -0.25) is 0 Å². The Balaban J connectivity index is 1.47. The van der Waals surface area contributed by atoms with Crippen molar-refractivity contribution in [3.05, 3.63) is 54.0 Å². The van der Waals surface area contributed by atoms with Gasteiger partial charge in [0, 0.05) is 6.04 Å². The van der Waals surface area contributed by atoms with E-state index in [1.165, 1.54) is 11.9 Å². The standard InChI is InChI=1S/C19H17N5O/c1-25-16-8-17-18(21-10-16)22-11-23-19(17)24-15-6-14(7-15)13-4-2-12(9-20)3-5-13/h2-5,8,10-11,14-15H,6-7H2,1H3,(H,21,22,23,24). The van der Waals surface area contributed by atoms with Gasteiger partial charge >= 0.3 is 0 Å². The molecule has 1 aromatic carbocycles. The van der Waals surface area contributed by atoms with E-state index in [9.17, 15) is 0 Å². The molecule has 1 fully saturated rings. The number of hydrogen-bond acceptors (Lipinski definition) is 6. The Labute approximate surface area is 145 Å². The van der Waals surface area contributed by atoms with E-state index < -0.39 is 0 Å². The van der Waals surface area contributed by atoms with Gasteiger partial charge in [0.1, 0.15) is 17.9 Å². The van der Waals surface area contributed by atoms with Crippen LogP contribution in [0.2, 0.25) is 0 Å². The molecule has 0 radical (unpaired) electrons. The highest BCUT2D eigenvalue weighted by molar-refractivity contribution is 5.87. The lowest BCUT2D eigenvalue weighted by molar-refractivity contribution is 0.373. The van der Waals surface area contributed by atoms with Crippen LogP contribution in [-0.2, 0) is 0 Å². The van der Waals surface area contributed by atoms with Gasteiger partial charge in [0.15, 0.2) is 5.65 Å². The van der Waals surface area contributed by atoms with Crippen molar-refractivity contribution in [1.29, 1.82) is 5.26 Å². The van der Waals surface area contributed by atoms with E-state index >= 15 is 0 Å². The lowest BCUT2D eigenvalue weighted by atomic mass is 9.75. The van der Waals surface area contributed by atoms with E-state index in [1.807, 2.05) is 30.3 Å². The number of rotatable bonds is 4. The maximum atomic E-state index is 8.88. The van der Waals surface area contributed by atoms with E-state index in [4.69, 9.17) is 10.00 Å². The Bertz CT molecular complexity index is 942. The van der Waals surface area contributed by atoms with Crippen molar-refractivity contribution >= 4 is 16.9 Å². The number of benzene rings is 1. The molecule has 4 rings (SSSR count). The van der Waals surface area contributed by atoms with Crippen molar-refractivity contribution in [2.45, 2.75) is 24.8 Å². The molecule has 0 unspecified atom stereocenters. The average molecular weight is 331 g/mol. The molecule has 0 spiro atoms. The van der Waals surface area contributed by atoms with Crippen LogP contribution >= 0.6 is 0 Å². The van der Waals surface area contributed by atoms with Crippen LogP contribution in [-0.4, -0.2) is 28.1 Å². The number of ether oxygens (including phenoxy) is 1. The molecule has 0 atom stereocenters. The highest BCUT2D eigenvalue weighted by Crippen LogP contribution is 2.39. The minimum absolute atomic E-state index is 0.366. The van der Waals surface area contributed by atoms with E-state index in [0.717, 1.165) is 24.0 Å². The molecule has 6 nitrogen and oxygen atoms in total. The Morgan fingerprint density at radius 2 is 1.96 bits per heavy atom. The van der Waals surface area contributed by atoms with Gasteiger partial charge in [-0.15, -0.1) is 0 Å². The maximum absolute atomic E-state index is 8.88. The van der Waals surface area contributed by atoms with Crippen molar-refractivity contribution in [3.8, 4) is 11.8 Å². The maximum Gasteiger partial charge on any atom is 0.164 e. The SMILES string of the molecule is COc1cnc2ncnc(NC3CC(c4ccc(C#N)cc4)C3)c2c1. The van der Waals surface area contributed by atoms with Crippen LogP contribution in [0.3, 0.4) is 0 Å². The van der Waals surface area contributed by atoms with Gasteiger partial charge in [-0.05, 0) is 42.5 Å². The topological polar surface area (TPSA) is 83.7 Å². The molecule has 0 amide bonds. The number of methoxy groups -OCH3 is 1. The summed E-state index contributed by atoms with van der Waals surface area (Å²) in [4.78, 5) is 12.9. The van der Waals surface area contributed by atoms with Crippen LogP contribution < -0.4 is 10.1 Å². The molecule has 1 aliphatic carbocycles. The molecule has 2 heterocycles. The zero-order valence-corrected chi connectivity index (χ0v) is 13.8. The Morgan fingerprint density at radius 1 is 1.16 bits per heavy atom. The summed E-state index contributed by atoms with van der Waals surface area (Å²) in [5.74, 6) is 2.00. The first kappa shape index (κ1) is 15.3. The van der Waals surface area contributed by atoms with Gasteiger partial charge < -0.3 is 10.1 Å². The summed E-state index contributed by atoms with van der Waals surface area (Å²) in [6, 6.07) is 12.3. The van der Waals surface area contributed by atoms with E-state index in [-0.39, 0.29) is 0 Å². The molecule has 1 N–H and O–H groups in total. The monoisotopic (exact) mass is 331 g/mol. The molecule has 3 aromatic rings. The first-order valence-corrected chi connectivity index (χ1v) is 8.18. The van der Waals surface area contributed by atoms with Gasteiger partial charge in [-0.25, -0.2) is 15.0 Å². The van der Waals surface area contributed by atoms with E-state index in [2.05, 4.69) is 26.3 Å². The summed E-state index contributed by atoms with van der Waals surface area (Å²) in [6.45, 7) is 0. The largest absolute Gasteiger partial charge is 0.495 e. The van der Waals surface area contributed by atoms with Gasteiger partial charge in [0.2, 0.25) is 0 Å². The molecular formula is C19H17N5O. The second kappa shape index (κ2) is 6.36. The van der Waals surface area contributed by atoms with E-state index in [0.29, 0.717) is 28.9 Å². The molecule has 1 saturated carbocycles. The number of nitriles is 1. The number of nitrogens with one attached hydrogen (secondary N) is 1. The van der Waals surface area contributed by atoms with Crippen molar-refractivity contribution in [1.82, 2.24) is 15.0 Å². The first-order chi connectivity index (χ1) is 12.3. The molecule has 0 saturated heterocycles. The quantitative estimate of drug-likeness (QED) is 0.790. The minimum Gasteiger partial charge on any atom is -0.495 e. The molecule has 124 valence electrons. The minimum atomic E-state index is 0.366. The van der Waals surface area contributed by atoms with Crippen LogP contribution in [0.25, 0.3) is 11.0 Å². The highest BCUT2D eigenvalue weighted by Gasteiger charge is 2.30. The fraction of sp³-hybridized carbons (Fsp3) is 0.263. The second-order valence-electron chi connectivity index (χ2n) is 6.21. The summed E-state index contributed by atoms with van der Waals surface area (Å²) in [5.41, 5.74) is 2.64. The van der Waals surface area contributed by atoms with Gasteiger partial charge in [-0.2, -0.15) is 5.26 Å². The summed E-state index contributed by atoms with van der Waals surface area (Å²) in [7, 11) is 1.62. The third-order valence-electron chi connectivity index (χ3n) is 4.69.